The molecule has 0 bridgehead atoms. The van der Waals surface area contributed by atoms with Crippen LogP contribution in [0.25, 0.3) is 0 Å². The van der Waals surface area contributed by atoms with Crippen LogP contribution in [0.4, 0.5) is 11.4 Å². The molecule has 34 heavy (non-hydrogen) atoms. The summed E-state index contributed by atoms with van der Waals surface area (Å²) in [6.07, 6.45) is 9.86. The van der Waals surface area contributed by atoms with Crippen molar-refractivity contribution in [2.45, 2.75) is 64.6 Å². The highest BCUT2D eigenvalue weighted by Gasteiger charge is 2.19. The van der Waals surface area contributed by atoms with E-state index in [9.17, 15) is 4.79 Å². The van der Waals surface area contributed by atoms with Crippen LogP contribution in [0, 0.1) is 0 Å². The molecule has 2 aromatic carbocycles. The number of carbonyl (C=O) groups is 1. The van der Waals surface area contributed by atoms with Crippen LogP contribution in [0.5, 0.6) is 0 Å². The van der Waals surface area contributed by atoms with Gasteiger partial charge in [-0.15, -0.1) is 0 Å². The number of unbranched alkanes of at least 4 members (excludes halogenated alkanes) is 1. The van der Waals surface area contributed by atoms with E-state index in [2.05, 4.69) is 70.2 Å². The first-order chi connectivity index (χ1) is 16.7. The molecule has 1 amide bonds. The zero-order valence-corrected chi connectivity index (χ0v) is 20.2. The van der Waals surface area contributed by atoms with Crippen LogP contribution in [-0.2, 0) is 24.3 Å². The minimum Gasteiger partial charge on any atom is -0.371 e. The summed E-state index contributed by atoms with van der Waals surface area (Å²) in [6.45, 7) is 5.98. The molecular formula is C28H37N5O. The Hall–Kier alpha value is -3.12. The highest BCUT2D eigenvalue weighted by molar-refractivity contribution is 5.90. The van der Waals surface area contributed by atoms with Gasteiger partial charge in [-0.05, 0) is 68.9 Å². The molecule has 6 heteroatoms. The van der Waals surface area contributed by atoms with Gasteiger partial charge in [0.15, 0.2) is 0 Å². The number of aromatic nitrogens is 2. The van der Waals surface area contributed by atoms with E-state index >= 15 is 0 Å². The molecule has 2 N–H and O–H groups in total. The third-order valence-electron chi connectivity index (χ3n) is 6.58. The van der Waals surface area contributed by atoms with Crippen LogP contribution in [0.1, 0.15) is 50.2 Å². The van der Waals surface area contributed by atoms with Gasteiger partial charge in [0.1, 0.15) is 0 Å². The standard InChI is InChI=1S/C28H37N5O/c1-2-33-22-24(21-30-33)20-29-25-16-18-32(19-17-25)27-14-12-26(13-15-27)31-28(34)11-7-6-10-23-8-4-3-5-9-23/h3-5,8-9,12-15,21-22,25,29H,2,6-7,10-11,16-20H2,1H3,(H,31,34). The maximum absolute atomic E-state index is 12.3. The number of aryl methyl sites for hydroxylation is 2. The minimum absolute atomic E-state index is 0.0946. The third kappa shape index (κ3) is 7.19. The van der Waals surface area contributed by atoms with Crippen molar-refractivity contribution in [3.8, 4) is 0 Å². The summed E-state index contributed by atoms with van der Waals surface area (Å²) in [6, 6.07) is 19.3. The van der Waals surface area contributed by atoms with E-state index in [1.807, 2.05) is 29.1 Å². The Bertz CT molecular complexity index is 1010. The first-order valence-electron chi connectivity index (χ1n) is 12.6. The van der Waals surface area contributed by atoms with Gasteiger partial charge in [-0.25, -0.2) is 0 Å². The van der Waals surface area contributed by atoms with Crippen LogP contribution in [-0.4, -0.2) is 34.8 Å². The monoisotopic (exact) mass is 459 g/mol. The second kappa shape index (κ2) is 12.4. The van der Waals surface area contributed by atoms with Crippen molar-refractivity contribution in [1.82, 2.24) is 15.1 Å². The molecule has 0 spiro atoms. The summed E-state index contributed by atoms with van der Waals surface area (Å²) >= 11 is 0. The minimum atomic E-state index is 0.0946. The second-order valence-electron chi connectivity index (χ2n) is 9.13. The third-order valence-corrected chi connectivity index (χ3v) is 6.58. The Balaban J connectivity index is 1.14. The topological polar surface area (TPSA) is 62.2 Å². The van der Waals surface area contributed by atoms with Gasteiger partial charge in [-0.1, -0.05) is 30.3 Å². The number of nitrogens with zero attached hydrogens (tertiary/aromatic N) is 3. The van der Waals surface area contributed by atoms with E-state index in [-0.39, 0.29) is 5.91 Å². The van der Waals surface area contributed by atoms with E-state index in [0.717, 1.165) is 64.0 Å². The molecule has 1 aliphatic rings. The Labute approximate surface area is 203 Å². The van der Waals surface area contributed by atoms with Crippen LogP contribution < -0.4 is 15.5 Å². The Morgan fingerprint density at radius 1 is 1.00 bits per heavy atom. The van der Waals surface area contributed by atoms with E-state index in [0.29, 0.717) is 12.5 Å². The first kappa shape index (κ1) is 24.0. The first-order valence-corrected chi connectivity index (χ1v) is 12.6. The van der Waals surface area contributed by atoms with Crippen LogP contribution in [0.3, 0.4) is 0 Å². The lowest BCUT2D eigenvalue weighted by atomic mass is 10.0. The number of rotatable bonds is 11. The number of nitrogens with one attached hydrogen (secondary N) is 2. The normalized spacial score (nSPS) is 14.3. The highest BCUT2D eigenvalue weighted by atomic mass is 16.1. The molecule has 0 atom stereocenters. The number of hydrogen-bond donors (Lipinski definition) is 2. The van der Waals surface area contributed by atoms with E-state index in [4.69, 9.17) is 0 Å². The molecule has 1 saturated heterocycles. The number of benzene rings is 2. The molecule has 1 aromatic heterocycles. The Morgan fingerprint density at radius 3 is 2.47 bits per heavy atom. The van der Waals surface area contributed by atoms with Gasteiger partial charge in [-0.2, -0.15) is 5.10 Å². The second-order valence-corrected chi connectivity index (χ2v) is 9.13. The number of amides is 1. The molecule has 0 unspecified atom stereocenters. The smallest absolute Gasteiger partial charge is 0.224 e. The highest BCUT2D eigenvalue weighted by Crippen LogP contribution is 2.22. The summed E-state index contributed by atoms with van der Waals surface area (Å²) in [7, 11) is 0. The van der Waals surface area contributed by atoms with Crippen molar-refractivity contribution < 1.29 is 4.79 Å². The van der Waals surface area contributed by atoms with Gasteiger partial charge in [0.2, 0.25) is 5.91 Å². The molecule has 180 valence electrons. The van der Waals surface area contributed by atoms with Gasteiger partial charge in [-0.3, -0.25) is 9.48 Å². The number of anilines is 2. The predicted molar refractivity (Wildman–Crippen MR) is 139 cm³/mol. The number of carbonyl (C=O) groups excluding carboxylic acids is 1. The molecule has 3 aromatic rings. The lowest BCUT2D eigenvalue weighted by Crippen LogP contribution is -2.42. The molecular weight excluding hydrogens is 422 g/mol. The quantitative estimate of drug-likeness (QED) is 0.396. The van der Waals surface area contributed by atoms with Crippen LogP contribution >= 0.6 is 0 Å². The lowest BCUT2D eigenvalue weighted by Gasteiger charge is -2.34. The van der Waals surface area contributed by atoms with Gasteiger partial charge >= 0.3 is 0 Å². The fourth-order valence-electron chi connectivity index (χ4n) is 4.51. The lowest BCUT2D eigenvalue weighted by molar-refractivity contribution is -0.116. The molecule has 0 aliphatic carbocycles. The average Bonchev–Trinajstić information content (AvgIpc) is 3.35. The van der Waals surface area contributed by atoms with E-state index < -0.39 is 0 Å². The molecule has 4 rings (SSSR count). The number of piperidine rings is 1. The predicted octanol–water partition coefficient (Wildman–Crippen LogP) is 5.01. The van der Waals surface area contributed by atoms with E-state index in [1.54, 1.807) is 0 Å². The van der Waals surface area contributed by atoms with Crippen molar-refractivity contribution in [2.75, 3.05) is 23.3 Å². The maximum atomic E-state index is 12.3. The van der Waals surface area contributed by atoms with Crippen molar-refractivity contribution in [1.29, 1.82) is 0 Å². The molecule has 6 nitrogen and oxygen atoms in total. The van der Waals surface area contributed by atoms with Gasteiger partial charge in [0.05, 0.1) is 6.20 Å². The van der Waals surface area contributed by atoms with Crippen LogP contribution in [0.15, 0.2) is 67.0 Å². The zero-order chi connectivity index (χ0) is 23.6. The molecule has 0 radical (unpaired) electrons. The zero-order valence-electron chi connectivity index (χ0n) is 20.2. The fourth-order valence-corrected chi connectivity index (χ4v) is 4.51. The summed E-state index contributed by atoms with van der Waals surface area (Å²) in [4.78, 5) is 14.7. The van der Waals surface area contributed by atoms with Gasteiger partial charge in [0, 0.05) is 61.8 Å². The molecule has 2 heterocycles. The molecule has 1 fully saturated rings. The average molecular weight is 460 g/mol. The summed E-state index contributed by atoms with van der Waals surface area (Å²) < 4.78 is 1.97. The molecule has 0 saturated carbocycles. The van der Waals surface area contributed by atoms with Crippen molar-refractivity contribution >= 4 is 17.3 Å². The Kier molecular flexibility index (Phi) is 8.74. The van der Waals surface area contributed by atoms with Crippen molar-refractivity contribution in [3.05, 3.63) is 78.1 Å². The number of hydrogen-bond acceptors (Lipinski definition) is 4. The van der Waals surface area contributed by atoms with Crippen molar-refractivity contribution in [3.63, 3.8) is 0 Å². The van der Waals surface area contributed by atoms with Crippen molar-refractivity contribution in [2.24, 2.45) is 0 Å². The fraction of sp³-hybridized carbons (Fsp3) is 0.429. The summed E-state index contributed by atoms with van der Waals surface area (Å²) in [5.74, 6) is 0.0946. The largest absolute Gasteiger partial charge is 0.371 e. The van der Waals surface area contributed by atoms with Gasteiger partial charge < -0.3 is 15.5 Å². The SMILES string of the molecule is CCn1cc(CNC2CCN(c3ccc(NC(=O)CCCCc4ccccc4)cc3)CC2)cn1. The summed E-state index contributed by atoms with van der Waals surface area (Å²) in [5, 5.41) is 11.1. The van der Waals surface area contributed by atoms with Crippen LogP contribution in [0.2, 0.25) is 0 Å². The van der Waals surface area contributed by atoms with Gasteiger partial charge in [0.25, 0.3) is 0 Å². The maximum Gasteiger partial charge on any atom is 0.224 e. The summed E-state index contributed by atoms with van der Waals surface area (Å²) in [5.41, 5.74) is 4.69. The van der Waals surface area contributed by atoms with E-state index in [1.165, 1.54) is 16.8 Å². The Morgan fingerprint density at radius 2 is 1.76 bits per heavy atom. The molecule has 1 aliphatic heterocycles.